The number of hydrogen-bond acceptors (Lipinski definition) is 4. The van der Waals surface area contributed by atoms with Crippen LogP contribution >= 0.6 is 11.6 Å². The van der Waals surface area contributed by atoms with Crippen molar-refractivity contribution in [3.05, 3.63) is 52.9 Å². The first-order chi connectivity index (χ1) is 12.0. The molecule has 3 rings (SSSR count). The van der Waals surface area contributed by atoms with Crippen LogP contribution in [-0.2, 0) is 16.6 Å². The van der Waals surface area contributed by atoms with Crippen molar-refractivity contribution in [3.63, 3.8) is 0 Å². The third-order valence-corrected chi connectivity index (χ3v) is 6.02. The summed E-state index contributed by atoms with van der Waals surface area (Å²) in [6, 6.07) is 6.87. The topological polar surface area (TPSA) is 62.3 Å². The first-order valence-electron chi connectivity index (χ1n) is 8.10. The molecule has 1 aliphatic rings. The minimum absolute atomic E-state index is 0.111. The molecule has 1 fully saturated rings. The molecule has 5 nitrogen and oxygen atoms in total. The molecule has 0 atom stereocenters. The summed E-state index contributed by atoms with van der Waals surface area (Å²) in [5.41, 5.74) is 0.803. The largest absolute Gasteiger partial charge is 0.357 e. The Morgan fingerprint density at radius 1 is 1.16 bits per heavy atom. The summed E-state index contributed by atoms with van der Waals surface area (Å²) in [4.78, 5) is 6.44. The van der Waals surface area contributed by atoms with Crippen LogP contribution < -0.4 is 9.62 Å². The van der Waals surface area contributed by atoms with E-state index in [0.717, 1.165) is 55.5 Å². The number of nitrogens with one attached hydrogen (secondary N) is 1. The van der Waals surface area contributed by atoms with E-state index in [0.29, 0.717) is 0 Å². The van der Waals surface area contributed by atoms with E-state index in [4.69, 9.17) is 11.6 Å². The molecule has 0 aliphatic carbocycles. The zero-order chi connectivity index (χ0) is 17.9. The van der Waals surface area contributed by atoms with Gasteiger partial charge in [-0.05, 0) is 55.2 Å². The molecule has 134 valence electrons. The molecule has 0 amide bonds. The number of aromatic nitrogens is 1. The minimum Gasteiger partial charge on any atom is -0.357 e. The molecule has 25 heavy (non-hydrogen) atoms. The first-order valence-corrected chi connectivity index (χ1v) is 9.96. The molecule has 1 saturated heterocycles. The van der Waals surface area contributed by atoms with Gasteiger partial charge in [0.25, 0.3) is 0 Å². The molecular formula is C17H19ClFN3O2S. The third-order valence-electron chi connectivity index (χ3n) is 4.14. The Morgan fingerprint density at radius 3 is 2.64 bits per heavy atom. The van der Waals surface area contributed by atoms with E-state index in [1.54, 1.807) is 12.3 Å². The molecule has 1 aliphatic heterocycles. The van der Waals surface area contributed by atoms with Crippen molar-refractivity contribution in [2.45, 2.75) is 30.7 Å². The Kier molecular flexibility index (Phi) is 5.56. The number of sulfonamides is 1. The minimum atomic E-state index is -3.83. The molecule has 0 radical (unpaired) electrons. The van der Waals surface area contributed by atoms with Crippen molar-refractivity contribution in [2.75, 3.05) is 18.0 Å². The smallest absolute Gasteiger partial charge is 0.242 e. The van der Waals surface area contributed by atoms with Gasteiger partial charge < -0.3 is 4.90 Å². The lowest BCUT2D eigenvalue weighted by Crippen LogP contribution is -2.30. The molecule has 2 aromatic rings. The Balaban J connectivity index is 1.72. The Bertz CT molecular complexity index is 855. The zero-order valence-corrected chi connectivity index (χ0v) is 15.2. The molecule has 1 aromatic heterocycles. The summed E-state index contributed by atoms with van der Waals surface area (Å²) in [5.74, 6) is 0.278. The average Bonchev–Trinajstić information content (AvgIpc) is 2.61. The van der Waals surface area contributed by atoms with E-state index in [2.05, 4.69) is 14.6 Å². The summed E-state index contributed by atoms with van der Waals surface area (Å²) < 4.78 is 40.4. The van der Waals surface area contributed by atoms with Gasteiger partial charge in [0.1, 0.15) is 16.5 Å². The first kappa shape index (κ1) is 18.1. The highest BCUT2D eigenvalue weighted by Crippen LogP contribution is 2.23. The van der Waals surface area contributed by atoms with Crippen LogP contribution in [-0.4, -0.2) is 26.5 Å². The zero-order valence-electron chi connectivity index (χ0n) is 13.6. The maximum Gasteiger partial charge on any atom is 0.242 e. The lowest BCUT2D eigenvalue weighted by molar-refractivity contribution is 0.572. The summed E-state index contributed by atoms with van der Waals surface area (Å²) >= 11 is 5.85. The van der Waals surface area contributed by atoms with Crippen LogP contribution in [0.4, 0.5) is 10.2 Å². The van der Waals surface area contributed by atoms with Crippen molar-refractivity contribution in [3.8, 4) is 0 Å². The van der Waals surface area contributed by atoms with Crippen LogP contribution in [0.2, 0.25) is 5.02 Å². The fourth-order valence-electron chi connectivity index (χ4n) is 2.82. The second-order valence-electron chi connectivity index (χ2n) is 5.97. The van der Waals surface area contributed by atoms with Gasteiger partial charge in [0.2, 0.25) is 10.0 Å². The van der Waals surface area contributed by atoms with Gasteiger partial charge in [0.15, 0.2) is 0 Å². The normalized spacial score (nSPS) is 15.4. The second-order valence-corrected chi connectivity index (χ2v) is 8.11. The number of pyridine rings is 1. The number of halogens is 2. The fourth-order valence-corrected chi connectivity index (χ4v) is 4.36. The quantitative estimate of drug-likeness (QED) is 0.860. The van der Waals surface area contributed by atoms with Crippen LogP contribution in [0.1, 0.15) is 24.8 Å². The molecule has 8 heteroatoms. The number of nitrogens with zero attached hydrogens (tertiary/aromatic N) is 2. The molecule has 1 aromatic carbocycles. The van der Waals surface area contributed by atoms with Gasteiger partial charge >= 0.3 is 0 Å². The number of anilines is 1. The van der Waals surface area contributed by atoms with Crippen molar-refractivity contribution >= 4 is 27.4 Å². The van der Waals surface area contributed by atoms with Crippen LogP contribution in [0.3, 0.4) is 0 Å². The van der Waals surface area contributed by atoms with Gasteiger partial charge in [-0.2, -0.15) is 0 Å². The highest BCUT2D eigenvalue weighted by molar-refractivity contribution is 7.89. The third kappa shape index (κ3) is 4.48. The number of hydrogen-bond donors (Lipinski definition) is 1. The predicted octanol–water partition coefficient (Wildman–Crippen LogP) is 3.34. The van der Waals surface area contributed by atoms with Crippen LogP contribution in [0, 0.1) is 5.82 Å². The lowest BCUT2D eigenvalue weighted by Gasteiger charge is -2.27. The summed E-state index contributed by atoms with van der Waals surface area (Å²) in [7, 11) is -3.83. The lowest BCUT2D eigenvalue weighted by atomic mass is 10.1. The van der Waals surface area contributed by atoms with E-state index >= 15 is 0 Å². The summed E-state index contributed by atoms with van der Waals surface area (Å²) in [6.45, 7) is 2.04. The number of rotatable bonds is 5. The van der Waals surface area contributed by atoms with Crippen LogP contribution in [0.15, 0.2) is 41.4 Å². The average molecular weight is 384 g/mol. The Morgan fingerprint density at radius 2 is 1.92 bits per heavy atom. The van der Waals surface area contributed by atoms with Crippen molar-refractivity contribution in [1.82, 2.24) is 9.71 Å². The number of benzene rings is 1. The van der Waals surface area contributed by atoms with E-state index in [1.807, 2.05) is 6.07 Å². The van der Waals surface area contributed by atoms with Crippen molar-refractivity contribution in [2.24, 2.45) is 0 Å². The maximum atomic E-state index is 13.1. The molecule has 0 unspecified atom stereocenters. The van der Waals surface area contributed by atoms with E-state index in [9.17, 15) is 12.8 Å². The monoisotopic (exact) mass is 383 g/mol. The van der Waals surface area contributed by atoms with Gasteiger partial charge in [-0.25, -0.2) is 22.5 Å². The van der Waals surface area contributed by atoms with Crippen molar-refractivity contribution in [1.29, 1.82) is 0 Å². The fraction of sp³-hybridized carbons (Fsp3) is 0.353. The molecule has 1 N–H and O–H groups in total. The highest BCUT2D eigenvalue weighted by atomic mass is 35.5. The molecule has 0 spiro atoms. The van der Waals surface area contributed by atoms with Gasteiger partial charge in [0, 0.05) is 25.8 Å². The van der Waals surface area contributed by atoms with E-state index in [-0.39, 0.29) is 16.5 Å². The van der Waals surface area contributed by atoms with Gasteiger partial charge in [0.05, 0.1) is 5.02 Å². The SMILES string of the molecule is O=S(=O)(NCc1ccnc(N2CCCCC2)c1)c1ccc(F)cc1Cl. The van der Waals surface area contributed by atoms with E-state index < -0.39 is 15.8 Å². The molecule has 0 bridgehead atoms. The van der Waals surface area contributed by atoms with Gasteiger partial charge in [-0.1, -0.05) is 11.6 Å². The standard InChI is InChI=1S/C17H19ClFN3O2S/c18-15-11-14(19)4-5-16(15)25(23,24)21-12-13-6-7-20-17(10-13)22-8-2-1-3-9-22/h4-7,10-11,21H,1-3,8-9,12H2. The van der Waals surface area contributed by atoms with Gasteiger partial charge in [-0.15, -0.1) is 0 Å². The molecular weight excluding hydrogens is 365 g/mol. The summed E-state index contributed by atoms with van der Waals surface area (Å²) in [5, 5.41) is -0.142. The highest BCUT2D eigenvalue weighted by Gasteiger charge is 2.18. The van der Waals surface area contributed by atoms with Crippen LogP contribution in [0.25, 0.3) is 0 Å². The summed E-state index contributed by atoms with van der Waals surface area (Å²) in [6.07, 6.45) is 5.19. The van der Waals surface area contributed by atoms with Crippen LogP contribution in [0.5, 0.6) is 0 Å². The second kappa shape index (κ2) is 7.68. The Labute approximate surface area is 151 Å². The van der Waals surface area contributed by atoms with Crippen molar-refractivity contribution < 1.29 is 12.8 Å². The van der Waals surface area contributed by atoms with Gasteiger partial charge in [-0.3, -0.25) is 0 Å². The Hall–Kier alpha value is -1.70. The number of piperidine rings is 1. The van der Waals surface area contributed by atoms with E-state index in [1.165, 1.54) is 6.42 Å². The maximum absolute atomic E-state index is 13.1. The molecule has 2 heterocycles. The molecule has 0 saturated carbocycles. The predicted molar refractivity (Wildman–Crippen MR) is 95.7 cm³/mol.